The number of aromatic nitrogens is 3. The standard InChI is InChI=1S/C33H40F3N7O5/c1-19-10-8-11-22(41(7)30(45)24-13-14-27(44)43(24)25-17-21(33(34,35)36)16-20(2)37-25)28(19)40(6)18-26-38-29(39-48-26)23-12-9-15-42(23)31(46)47-32(3,4)5/h8,10-11,16-17,23-24H,9,12-15,18H2,1-7H3. The van der Waals surface area contributed by atoms with Crippen LogP contribution in [-0.4, -0.2) is 70.2 Å². The zero-order valence-electron chi connectivity index (χ0n) is 28.1. The van der Waals surface area contributed by atoms with Crippen molar-refractivity contribution < 1.29 is 36.8 Å². The van der Waals surface area contributed by atoms with Crippen molar-refractivity contribution in [3.63, 3.8) is 0 Å². The van der Waals surface area contributed by atoms with Gasteiger partial charge in [0.15, 0.2) is 5.82 Å². The summed E-state index contributed by atoms with van der Waals surface area (Å²) in [7, 11) is 3.37. The van der Waals surface area contributed by atoms with Crippen LogP contribution in [0.15, 0.2) is 34.9 Å². The Morgan fingerprint density at radius 3 is 2.50 bits per heavy atom. The number of likely N-dealkylation sites (tertiary alicyclic amines) is 1. The van der Waals surface area contributed by atoms with Crippen molar-refractivity contribution in [1.29, 1.82) is 0 Å². The molecule has 0 N–H and O–H groups in total. The number of benzene rings is 1. The number of pyridine rings is 1. The third kappa shape index (κ3) is 7.24. The number of amides is 3. The van der Waals surface area contributed by atoms with E-state index in [1.54, 1.807) is 51.9 Å². The molecule has 1 aromatic carbocycles. The minimum absolute atomic E-state index is 0.00631. The van der Waals surface area contributed by atoms with Crippen LogP contribution in [0.5, 0.6) is 0 Å². The fraction of sp³-hybridized carbons (Fsp3) is 0.515. The summed E-state index contributed by atoms with van der Waals surface area (Å²) in [4.78, 5) is 54.4. The maximum atomic E-state index is 14.0. The van der Waals surface area contributed by atoms with E-state index < -0.39 is 41.3 Å². The van der Waals surface area contributed by atoms with Gasteiger partial charge < -0.3 is 19.1 Å². The van der Waals surface area contributed by atoms with Crippen molar-refractivity contribution in [3.8, 4) is 0 Å². The van der Waals surface area contributed by atoms with E-state index in [0.29, 0.717) is 36.1 Å². The topological polar surface area (TPSA) is 125 Å². The van der Waals surface area contributed by atoms with E-state index in [1.807, 2.05) is 17.9 Å². The molecule has 0 spiro atoms. The normalized spacial score (nSPS) is 18.4. The second-order valence-corrected chi connectivity index (χ2v) is 13.2. The summed E-state index contributed by atoms with van der Waals surface area (Å²) in [6, 6.07) is 5.70. The number of anilines is 3. The van der Waals surface area contributed by atoms with Crippen LogP contribution in [0.1, 0.15) is 81.0 Å². The fourth-order valence-corrected chi connectivity index (χ4v) is 6.22. The lowest BCUT2D eigenvalue weighted by atomic mass is 10.1. The van der Waals surface area contributed by atoms with Crippen LogP contribution in [0, 0.1) is 13.8 Å². The highest BCUT2D eigenvalue weighted by molar-refractivity contribution is 6.09. The van der Waals surface area contributed by atoms with Crippen molar-refractivity contribution in [1.82, 2.24) is 20.0 Å². The molecule has 4 heterocycles. The van der Waals surface area contributed by atoms with E-state index in [-0.39, 0.29) is 36.9 Å². The Kier molecular flexibility index (Phi) is 9.44. The number of likely N-dealkylation sites (N-methyl/N-ethyl adjacent to an activating group) is 1. The van der Waals surface area contributed by atoms with Crippen LogP contribution in [-0.2, 0) is 27.0 Å². The molecule has 2 unspecified atom stereocenters. The molecule has 2 fully saturated rings. The largest absolute Gasteiger partial charge is 0.444 e. The molecule has 258 valence electrons. The summed E-state index contributed by atoms with van der Waals surface area (Å²) in [6.45, 7) is 9.40. The first kappa shape index (κ1) is 34.6. The molecule has 48 heavy (non-hydrogen) atoms. The number of rotatable bonds is 7. The summed E-state index contributed by atoms with van der Waals surface area (Å²) >= 11 is 0. The monoisotopic (exact) mass is 671 g/mol. The van der Waals surface area contributed by atoms with Crippen molar-refractivity contribution >= 4 is 35.1 Å². The average Bonchev–Trinajstić information content (AvgIpc) is 3.74. The van der Waals surface area contributed by atoms with Crippen molar-refractivity contribution in [2.24, 2.45) is 0 Å². The summed E-state index contributed by atoms with van der Waals surface area (Å²) in [5.74, 6) is -0.484. The Morgan fingerprint density at radius 2 is 1.81 bits per heavy atom. The number of hydrogen-bond donors (Lipinski definition) is 0. The van der Waals surface area contributed by atoms with Crippen LogP contribution in [0.4, 0.5) is 35.2 Å². The number of ether oxygens (including phenoxy) is 1. The molecule has 2 aliphatic rings. The molecular formula is C33H40F3N7O5. The summed E-state index contributed by atoms with van der Waals surface area (Å²) in [5, 5.41) is 4.17. The third-order valence-electron chi connectivity index (χ3n) is 8.34. The number of para-hydroxylation sites is 1. The van der Waals surface area contributed by atoms with Gasteiger partial charge in [-0.05, 0) is 77.6 Å². The molecule has 2 saturated heterocycles. The minimum Gasteiger partial charge on any atom is -0.444 e. The van der Waals surface area contributed by atoms with E-state index in [9.17, 15) is 27.6 Å². The van der Waals surface area contributed by atoms with Crippen molar-refractivity contribution in [2.75, 3.05) is 35.3 Å². The van der Waals surface area contributed by atoms with E-state index in [4.69, 9.17) is 9.26 Å². The van der Waals surface area contributed by atoms with Gasteiger partial charge in [-0.2, -0.15) is 18.2 Å². The van der Waals surface area contributed by atoms with Gasteiger partial charge in [-0.25, -0.2) is 9.78 Å². The first-order valence-electron chi connectivity index (χ1n) is 15.7. The van der Waals surface area contributed by atoms with Crippen LogP contribution >= 0.6 is 0 Å². The smallest absolute Gasteiger partial charge is 0.416 e. The molecule has 0 bridgehead atoms. The number of nitrogens with zero attached hydrogens (tertiary/aromatic N) is 7. The number of halogens is 3. The molecule has 15 heteroatoms. The molecule has 2 atom stereocenters. The van der Waals surface area contributed by atoms with E-state index in [1.165, 1.54) is 11.8 Å². The van der Waals surface area contributed by atoms with Gasteiger partial charge in [-0.1, -0.05) is 17.3 Å². The lowest BCUT2D eigenvalue weighted by molar-refractivity contribution is -0.137. The molecule has 3 aromatic rings. The number of hydrogen-bond acceptors (Lipinski definition) is 9. The van der Waals surface area contributed by atoms with Gasteiger partial charge in [0.2, 0.25) is 17.7 Å². The Labute approximate surface area is 276 Å². The van der Waals surface area contributed by atoms with E-state index >= 15 is 0 Å². The third-order valence-corrected chi connectivity index (χ3v) is 8.34. The number of carbonyl (C=O) groups is 3. The minimum atomic E-state index is -4.64. The molecule has 0 radical (unpaired) electrons. The molecule has 2 aromatic heterocycles. The summed E-state index contributed by atoms with van der Waals surface area (Å²) < 4.78 is 51.9. The van der Waals surface area contributed by atoms with E-state index in [2.05, 4.69) is 15.1 Å². The number of aryl methyl sites for hydroxylation is 2. The number of alkyl halides is 3. The highest BCUT2D eigenvalue weighted by atomic mass is 19.4. The molecule has 0 saturated carbocycles. The molecular weight excluding hydrogens is 631 g/mol. The van der Waals surface area contributed by atoms with Crippen LogP contribution in [0.2, 0.25) is 0 Å². The Morgan fingerprint density at radius 1 is 1.08 bits per heavy atom. The summed E-state index contributed by atoms with van der Waals surface area (Å²) in [6.07, 6.45) is -3.52. The maximum Gasteiger partial charge on any atom is 0.416 e. The van der Waals surface area contributed by atoms with Gasteiger partial charge in [-0.15, -0.1) is 0 Å². The molecule has 3 amide bonds. The van der Waals surface area contributed by atoms with Crippen LogP contribution in [0.3, 0.4) is 0 Å². The quantitative estimate of drug-likeness (QED) is 0.299. The Bertz CT molecular complexity index is 1700. The molecule has 12 nitrogen and oxygen atoms in total. The van der Waals surface area contributed by atoms with Gasteiger partial charge >= 0.3 is 12.3 Å². The fourth-order valence-electron chi connectivity index (χ4n) is 6.22. The van der Waals surface area contributed by atoms with Gasteiger partial charge in [0.25, 0.3) is 0 Å². The molecule has 5 rings (SSSR count). The van der Waals surface area contributed by atoms with Gasteiger partial charge in [0, 0.05) is 32.8 Å². The molecule has 2 aliphatic heterocycles. The SMILES string of the molecule is Cc1cc(C(F)(F)F)cc(N2C(=O)CCC2C(=O)N(C)c2cccc(C)c2N(C)Cc2nc(C3CCCN3C(=O)OC(C)(C)C)no2)n1. The van der Waals surface area contributed by atoms with Crippen molar-refractivity contribution in [3.05, 3.63) is 58.9 Å². The zero-order valence-corrected chi connectivity index (χ0v) is 28.1. The molecule has 0 aliphatic carbocycles. The van der Waals surface area contributed by atoms with Crippen LogP contribution in [0.25, 0.3) is 0 Å². The lowest BCUT2D eigenvalue weighted by Gasteiger charge is -2.31. The van der Waals surface area contributed by atoms with E-state index in [0.717, 1.165) is 29.0 Å². The Balaban J connectivity index is 1.36. The highest BCUT2D eigenvalue weighted by Gasteiger charge is 2.42. The Hall–Kier alpha value is -4.69. The van der Waals surface area contributed by atoms with Gasteiger partial charge in [-0.3, -0.25) is 19.4 Å². The van der Waals surface area contributed by atoms with Gasteiger partial charge in [0.1, 0.15) is 17.5 Å². The van der Waals surface area contributed by atoms with Crippen molar-refractivity contribution in [2.45, 2.75) is 90.7 Å². The number of carbonyl (C=O) groups excluding carboxylic acids is 3. The predicted molar refractivity (Wildman–Crippen MR) is 170 cm³/mol. The highest BCUT2D eigenvalue weighted by Crippen LogP contribution is 2.37. The second kappa shape index (κ2) is 13.1. The summed E-state index contributed by atoms with van der Waals surface area (Å²) in [5.41, 5.74) is 0.512. The lowest BCUT2D eigenvalue weighted by Crippen LogP contribution is -2.46. The first-order chi connectivity index (χ1) is 22.4. The van der Waals surface area contributed by atoms with Crippen LogP contribution < -0.4 is 14.7 Å². The first-order valence-corrected chi connectivity index (χ1v) is 15.7. The predicted octanol–water partition coefficient (Wildman–Crippen LogP) is 5.97. The zero-order chi connectivity index (χ0) is 35.1. The van der Waals surface area contributed by atoms with Gasteiger partial charge in [0.05, 0.1) is 29.5 Å². The average molecular weight is 672 g/mol. The second-order valence-electron chi connectivity index (χ2n) is 13.2. The maximum absolute atomic E-state index is 14.0.